The summed E-state index contributed by atoms with van der Waals surface area (Å²) >= 11 is 6.56. The van der Waals surface area contributed by atoms with Crippen molar-refractivity contribution in [1.82, 2.24) is 4.90 Å². The monoisotopic (exact) mass is 397 g/mol. The number of hydrogen-bond donors (Lipinski definition) is 0. The molecule has 0 bridgehead atoms. The zero-order valence-corrected chi connectivity index (χ0v) is 16.5. The third kappa shape index (κ3) is 4.59. The van der Waals surface area contributed by atoms with E-state index >= 15 is 0 Å². The van der Waals surface area contributed by atoms with Gasteiger partial charge < -0.3 is 9.47 Å². The van der Waals surface area contributed by atoms with Crippen molar-refractivity contribution in [3.8, 4) is 11.5 Å². The van der Waals surface area contributed by atoms with Gasteiger partial charge in [-0.3, -0.25) is 9.69 Å². The molecule has 0 saturated carbocycles. The van der Waals surface area contributed by atoms with Crippen molar-refractivity contribution in [2.75, 3.05) is 13.7 Å². The van der Waals surface area contributed by atoms with Gasteiger partial charge in [-0.25, -0.2) is 0 Å². The molecule has 4 nitrogen and oxygen atoms in total. The summed E-state index contributed by atoms with van der Waals surface area (Å²) in [4.78, 5) is 14.6. The van der Waals surface area contributed by atoms with Gasteiger partial charge in [0, 0.05) is 6.54 Å². The van der Waals surface area contributed by atoms with Crippen LogP contribution in [0.4, 0.5) is 0 Å². The highest BCUT2D eigenvalue weighted by Gasteiger charge is 2.30. The molecule has 3 rings (SSSR count). The van der Waals surface area contributed by atoms with Gasteiger partial charge in [0.15, 0.2) is 11.5 Å². The number of rotatable bonds is 7. The summed E-state index contributed by atoms with van der Waals surface area (Å²) < 4.78 is 11.9. The quantitative estimate of drug-likeness (QED) is 0.386. The average molecular weight is 398 g/mol. The number of carbonyl (C=O) groups excluding carboxylic acids is 1. The highest BCUT2D eigenvalue weighted by molar-refractivity contribution is 8.26. The molecule has 0 radical (unpaired) electrons. The lowest BCUT2D eigenvalue weighted by Crippen LogP contribution is -2.27. The number of hydrogen-bond acceptors (Lipinski definition) is 5. The number of amides is 1. The third-order valence-electron chi connectivity index (χ3n) is 3.91. The Hall–Kier alpha value is -2.57. The third-order valence-corrected chi connectivity index (χ3v) is 5.29. The summed E-state index contributed by atoms with van der Waals surface area (Å²) in [7, 11) is 1.60. The molecule has 0 aromatic heterocycles. The maximum atomic E-state index is 12.5. The van der Waals surface area contributed by atoms with E-state index in [1.54, 1.807) is 13.2 Å². The first kappa shape index (κ1) is 19.2. The first-order valence-electron chi connectivity index (χ1n) is 8.33. The van der Waals surface area contributed by atoms with Gasteiger partial charge in [-0.05, 0) is 29.3 Å². The number of ether oxygens (including phenoxy) is 2. The van der Waals surface area contributed by atoms with Crippen molar-refractivity contribution in [3.63, 3.8) is 0 Å². The Bertz CT molecular complexity index is 894. The molecule has 27 heavy (non-hydrogen) atoms. The topological polar surface area (TPSA) is 38.8 Å². The van der Waals surface area contributed by atoms with Crippen LogP contribution in [0.15, 0.2) is 66.1 Å². The van der Waals surface area contributed by atoms with Crippen LogP contribution in [0.5, 0.6) is 11.5 Å². The van der Waals surface area contributed by atoms with E-state index in [0.29, 0.717) is 33.9 Å². The molecule has 1 heterocycles. The molecule has 2 aromatic carbocycles. The summed E-state index contributed by atoms with van der Waals surface area (Å²) in [6.07, 6.45) is 3.48. The molecule has 0 spiro atoms. The van der Waals surface area contributed by atoms with Gasteiger partial charge in [0.1, 0.15) is 10.9 Å². The molecule has 1 aliphatic heterocycles. The van der Waals surface area contributed by atoms with E-state index in [-0.39, 0.29) is 5.91 Å². The van der Waals surface area contributed by atoms with Gasteiger partial charge in [0.2, 0.25) is 0 Å². The molecule has 1 fully saturated rings. The number of thiocarbonyl (C=S) groups is 1. The standard InChI is InChI=1S/C21H19NO3S2/c1-3-11-22-20(23)19(27-21(22)26)13-16-9-10-17(24-2)18(12-16)25-14-15-7-5-4-6-8-15/h3-10,12-13H,1,11,14H2,2H3/b19-13-. The molecule has 1 amide bonds. The van der Waals surface area contributed by atoms with E-state index in [1.165, 1.54) is 16.7 Å². The lowest BCUT2D eigenvalue weighted by atomic mass is 10.1. The smallest absolute Gasteiger partial charge is 0.266 e. The van der Waals surface area contributed by atoms with Crippen LogP contribution in [0.1, 0.15) is 11.1 Å². The van der Waals surface area contributed by atoms with Gasteiger partial charge >= 0.3 is 0 Å². The summed E-state index contributed by atoms with van der Waals surface area (Å²) in [5.41, 5.74) is 1.91. The van der Waals surface area contributed by atoms with Crippen LogP contribution in [-0.2, 0) is 11.4 Å². The summed E-state index contributed by atoms with van der Waals surface area (Å²) in [6.45, 7) is 4.51. The Kier molecular flexibility index (Phi) is 6.32. The molecule has 138 valence electrons. The largest absolute Gasteiger partial charge is 0.493 e. The van der Waals surface area contributed by atoms with Crippen LogP contribution >= 0.6 is 24.0 Å². The van der Waals surface area contributed by atoms with Crippen LogP contribution in [0.25, 0.3) is 6.08 Å². The predicted octanol–water partition coefficient (Wildman–Crippen LogP) is 4.66. The van der Waals surface area contributed by atoms with Crippen LogP contribution in [0.2, 0.25) is 0 Å². The maximum absolute atomic E-state index is 12.5. The van der Waals surface area contributed by atoms with E-state index in [1.807, 2.05) is 54.6 Å². The van der Waals surface area contributed by atoms with E-state index in [0.717, 1.165) is 11.1 Å². The van der Waals surface area contributed by atoms with Gasteiger partial charge in [-0.15, -0.1) is 6.58 Å². The Labute approximate surface area is 168 Å². The minimum absolute atomic E-state index is 0.104. The Morgan fingerprint density at radius 1 is 1.19 bits per heavy atom. The van der Waals surface area contributed by atoms with Crippen molar-refractivity contribution in [3.05, 3.63) is 77.2 Å². The molecule has 1 saturated heterocycles. The average Bonchev–Trinajstić information content (AvgIpc) is 2.95. The van der Waals surface area contributed by atoms with Crippen molar-refractivity contribution in [1.29, 1.82) is 0 Å². The van der Waals surface area contributed by atoms with E-state index in [2.05, 4.69) is 6.58 Å². The Morgan fingerprint density at radius 2 is 1.96 bits per heavy atom. The van der Waals surface area contributed by atoms with Crippen LogP contribution in [0, 0.1) is 0 Å². The second kappa shape index (κ2) is 8.88. The molecule has 0 N–H and O–H groups in total. The van der Waals surface area contributed by atoms with Crippen molar-refractivity contribution >= 4 is 40.3 Å². The van der Waals surface area contributed by atoms with Crippen molar-refractivity contribution in [2.45, 2.75) is 6.61 Å². The normalized spacial score (nSPS) is 15.3. The lowest BCUT2D eigenvalue weighted by molar-refractivity contribution is -0.121. The lowest BCUT2D eigenvalue weighted by Gasteiger charge is -2.12. The van der Waals surface area contributed by atoms with Crippen molar-refractivity contribution in [2.24, 2.45) is 0 Å². The van der Waals surface area contributed by atoms with E-state index < -0.39 is 0 Å². The summed E-state index contributed by atoms with van der Waals surface area (Å²) in [5.74, 6) is 1.16. The van der Waals surface area contributed by atoms with E-state index in [9.17, 15) is 4.79 Å². The van der Waals surface area contributed by atoms with Crippen molar-refractivity contribution < 1.29 is 14.3 Å². The number of benzene rings is 2. The first-order valence-corrected chi connectivity index (χ1v) is 9.56. The SMILES string of the molecule is C=CCN1C(=O)/C(=C/c2ccc(OC)c(OCc3ccccc3)c2)SC1=S. The molecule has 2 aromatic rings. The highest BCUT2D eigenvalue weighted by atomic mass is 32.2. The van der Waals surface area contributed by atoms with Gasteiger partial charge in [0.25, 0.3) is 5.91 Å². The van der Waals surface area contributed by atoms with Crippen LogP contribution in [-0.4, -0.2) is 28.8 Å². The van der Waals surface area contributed by atoms with E-state index in [4.69, 9.17) is 21.7 Å². The zero-order chi connectivity index (χ0) is 19.2. The molecule has 6 heteroatoms. The molecular formula is C21H19NO3S2. The summed E-state index contributed by atoms with van der Waals surface area (Å²) in [5, 5.41) is 0. The Balaban J connectivity index is 1.81. The van der Waals surface area contributed by atoms with Gasteiger partial charge in [0.05, 0.1) is 12.0 Å². The molecule has 0 aliphatic carbocycles. The number of methoxy groups -OCH3 is 1. The molecule has 0 unspecified atom stereocenters. The number of carbonyl (C=O) groups is 1. The highest BCUT2D eigenvalue weighted by Crippen LogP contribution is 2.34. The summed E-state index contributed by atoms with van der Waals surface area (Å²) in [6, 6.07) is 15.5. The fourth-order valence-electron chi connectivity index (χ4n) is 2.57. The minimum atomic E-state index is -0.104. The fraction of sp³-hybridized carbons (Fsp3) is 0.143. The maximum Gasteiger partial charge on any atom is 0.266 e. The molecule has 1 aliphatic rings. The molecular weight excluding hydrogens is 378 g/mol. The molecule has 0 atom stereocenters. The minimum Gasteiger partial charge on any atom is -0.493 e. The second-order valence-corrected chi connectivity index (χ2v) is 7.44. The Morgan fingerprint density at radius 3 is 2.67 bits per heavy atom. The second-order valence-electron chi connectivity index (χ2n) is 5.77. The predicted molar refractivity (Wildman–Crippen MR) is 114 cm³/mol. The number of thioether (sulfide) groups is 1. The van der Waals surface area contributed by atoms with Crippen LogP contribution in [0.3, 0.4) is 0 Å². The van der Waals surface area contributed by atoms with Crippen LogP contribution < -0.4 is 9.47 Å². The zero-order valence-electron chi connectivity index (χ0n) is 14.9. The fourth-order valence-corrected chi connectivity index (χ4v) is 3.84. The van der Waals surface area contributed by atoms with Gasteiger partial charge in [-0.1, -0.05) is 66.5 Å². The van der Waals surface area contributed by atoms with Gasteiger partial charge in [-0.2, -0.15) is 0 Å². The number of nitrogens with zero attached hydrogens (tertiary/aromatic N) is 1. The first-order chi connectivity index (χ1) is 13.1.